The fourth-order valence-electron chi connectivity index (χ4n) is 4.56. The molecule has 9 heteroatoms. The molecule has 8 nitrogen and oxygen atoms in total. The highest BCUT2D eigenvalue weighted by Crippen LogP contribution is 2.27. The van der Waals surface area contributed by atoms with Gasteiger partial charge < -0.3 is 15.1 Å². The van der Waals surface area contributed by atoms with Crippen LogP contribution >= 0.6 is 0 Å². The van der Waals surface area contributed by atoms with Crippen LogP contribution in [0.3, 0.4) is 0 Å². The molecule has 1 heterocycles. The van der Waals surface area contributed by atoms with Crippen molar-refractivity contribution in [2.24, 2.45) is 0 Å². The minimum absolute atomic E-state index is 0.125. The molecule has 5 aromatic rings. The molecule has 0 saturated heterocycles. The molecule has 1 atom stereocenters. The van der Waals surface area contributed by atoms with E-state index in [-0.39, 0.29) is 19.0 Å². The Morgan fingerprint density at radius 2 is 1.62 bits per heavy atom. The van der Waals surface area contributed by atoms with Crippen LogP contribution in [-0.4, -0.2) is 45.8 Å². The lowest BCUT2D eigenvalue weighted by Crippen LogP contribution is -2.42. The van der Waals surface area contributed by atoms with Crippen molar-refractivity contribution in [3.63, 3.8) is 0 Å². The first-order valence-corrected chi connectivity index (χ1v) is 12.8. The Morgan fingerprint density at radius 1 is 0.900 bits per heavy atom. The predicted octanol–water partition coefficient (Wildman–Crippen LogP) is 5.05. The van der Waals surface area contributed by atoms with Crippen LogP contribution in [0.1, 0.15) is 17.2 Å². The smallest absolute Gasteiger partial charge is 0.251 e. The maximum absolute atomic E-state index is 14.4. The third-order valence-corrected chi connectivity index (χ3v) is 6.60. The van der Waals surface area contributed by atoms with Gasteiger partial charge in [-0.15, -0.1) is 5.10 Å². The summed E-state index contributed by atoms with van der Waals surface area (Å²) >= 11 is 0. The molecule has 0 aliphatic carbocycles. The van der Waals surface area contributed by atoms with E-state index in [1.807, 2.05) is 85.7 Å². The number of aromatic nitrogens is 3. The second-order valence-electron chi connectivity index (χ2n) is 9.63. The zero-order valence-electron chi connectivity index (χ0n) is 22.2. The number of fused-ring (bicyclic) bond motifs is 1. The molecule has 0 aliphatic rings. The minimum atomic E-state index is -1.12. The highest BCUT2D eigenvalue weighted by atomic mass is 19.1. The number of rotatable bonds is 9. The number of anilines is 2. The summed E-state index contributed by atoms with van der Waals surface area (Å²) < 4.78 is 16.0. The summed E-state index contributed by atoms with van der Waals surface area (Å²) in [6.07, 6.45) is 0. The molecule has 0 bridgehead atoms. The lowest BCUT2D eigenvalue weighted by molar-refractivity contribution is -0.140. The van der Waals surface area contributed by atoms with Crippen molar-refractivity contribution in [1.29, 1.82) is 0 Å². The van der Waals surface area contributed by atoms with Crippen LogP contribution < -0.4 is 10.2 Å². The summed E-state index contributed by atoms with van der Waals surface area (Å²) in [4.78, 5) is 31.3. The van der Waals surface area contributed by atoms with Crippen LogP contribution in [0, 0.1) is 5.82 Å². The van der Waals surface area contributed by atoms with Crippen molar-refractivity contribution in [3.05, 3.63) is 120 Å². The molecular weight excluding hydrogens is 507 g/mol. The second kappa shape index (κ2) is 11.8. The first-order chi connectivity index (χ1) is 19.4. The lowest BCUT2D eigenvalue weighted by atomic mass is 10.0. The summed E-state index contributed by atoms with van der Waals surface area (Å²) in [6, 6.07) is 28.7. The number of hydrogen-bond donors (Lipinski definition) is 1. The van der Waals surface area contributed by atoms with E-state index in [2.05, 4.69) is 15.6 Å². The van der Waals surface area contributed by atoms with Gasteiger partial charge in [0.05, 0.1) is 5.52 Å². The highest BCUT2D eigenvalue weighted by Gasteiger charge is 2.32. The Kier molecular flexibility index (Phi) is 7.82. The zero-order chi connectivity index (χ0) is 28.1. The van der Waals surface area contributed by atoms with Gasteiger partial charge in [-0.3, -0.25) is 9.59 Å². The van der Waals surface area contributed by atoms with Gasteiger partial charge in [0.15, 0.2) is 0 Å². The summed E-state index contributed by atoms with van der Waals surface area (Å²) in [7, 11) is 3.86. The van der Waals surface area contributed by atoms with Gasteiger partial charge >= 0.3 is 0 Å². The normalized spacial score (nSPS) is 11.7. The first kappa shape index (κ1) is 26.6. The van der Waals surface area contributed by atoms with Crippen LogP contribution in [0.5, 0.6) is 0 Å². The molecule has 0 aliphatic heterocycles. The highest BCUT2D eigenvalue weighted by molar-refractivity contribution is 5.98. The van der Waals surface area contributed by atoms with E-state index >= 15 is 0 Å². The van der Waals surface area contributed by atoms with Crippen molar-refractivity contribution in [3.8, 4) is 0 Å². The van der Waals surface area contributed by atoms with E-state index in [1.54, 1.807) is 18.2 Å². The number of halogens is 1. The summed E-state index contributed by atoms with van der Waals surface area (Å²) in [5, 5.41) is 11.2. The lowest BCUT2D eigenvalue weighted by Gasteiger charge is -2.31. The molecule has 1 N–H and O–H groups in total. The van der Waals surface area contributed by atoms with Crippen molar-refractivity contribution in [2.45, 2.75) is 19.1 Å². The number of amides is 2. The molecule has 4 aromatic carbocycles. The van der Waals surface area contributed by atoms with E-state index in [0.29, 0.717) is 22.3 Å². The number of nitrogens with one attached hydrogen (secondary N) is 1. The summed E-state index contributed by atoms with van der Waals surface area (Å²) in [5.41, 5.74) is 4.07. The topological polar surface area (TPSA) is 83.4 Å². The first-order valence-electron chi connectivity index (χ1n) is 12.8. The van der Waals surface area contributed by atoms with Crippen molar-refractivity contribution in [1.82, 2.24) is 19.9 Å². The number of para-hydroxylation sites is 1. The average Bonchev–Trinajstić information content (AvgIpc) is 3.36. The number of carbonyl (C=O) groups excluding carboxylic acids is 2. The monoisotopic (exact) mass is 536 g/mol. The second-order valence-corrected chi connectivity index (χ2v) is 9.63. The molecule has 202 valence electrons. The summed E-state index contributed by atoms with van der Waals surface area (Å²) in [5.74, 6) is -1.33. The Balaban J connectivity index is 1.53. The van der Waals surface area contributed by atoms with Crippen LogP contribution in [0.2, 0.25) is 0 Å². The van der Waals surface area contributed by atoms with Crippen LogP contribution in [0.25, 0.3) is 11.0 Å². The van der Waals surface area contributed by atoms with Crippen LogP contribution in [0.4, 0.5) is 15.8 Å². The Morgan fingerprint density at radius 3 is 2.35 bits per heavy atom. The molecular formula is C31H29FN6O2. The maximum Gasteiger partial charge on any atom is 0.251 e. The van der Waals surface area contributed by atoms with E-state index < -0.39 is 17.8 Å². The van der Waals surface area contributed by atoms with Crippen molar-refractivity contribution in [2.75, 3.05) is 24.3 Å². The Labute approximate surface area is 231 Å². The Hall–Kier alpha value is -5.05. The number of hydrogen-bond acceptors (Lipinski definition) is 5. The quantitative estimate of drug-likeness (QED) is 0.285. The van der Waals surface area contributed by atoms with Gasteiger partial charge in [0.2, 0.25) is 5.91 Å². The van der Waals surface area contributed by atoms with Gasteiger partial charge in [-0.1, -0.05) is 59.8 Å². The SMILES string of the molecule is CN(C)c1ccc(NC(=O)C(c2cccc(F)c2)N(Cc2ccccc2)C(=O)Cn2nnc3ccccc32)cc1. The largest absolute Gasteiger partial charge is 0.378 e. The standard InChI is InChI=1S/C31H29FN6O2/c1-36(2)26-17-15-25(16-18-26)33-31(40)30(23-11-8-12-24(32)19-23)37(20-22-9-4-3-5-10-22)29(39)21-38-28-14-7-6-13-27(28)34-35-38/h3-19,30H,20-21H2,1-2H3,(H,33,40). The van der Waals surface area contributed by atoms with Gasteiger partial charge in [0, 0.05) is 32.0 Å². The van der Waals surface area contributed by atoms with Crippen LogP contribution in [-0.2, 0) is 22.7 Å². The molecule has 0 radical (unpaired) electrons. The molecule has 0 fully saturated rings. The van der Waals surface area contributed by atoms with Gasteiger partial charge in [0.25, 0.3) is 5.91 Å². The molecule has 5 rings (SSSR count). The van der Waals surface area contributed by atoms with Gasteiger partial charge in [-0.05, 0) is 59.7 Å². The zero-order valence-corrected chi connectivity index (χ0v) is 22.2. The van der Waals surface area contributed by atoms with Gasteiger partial charge in [-0.2, -0.15) is 0 Å². The third-order valence-electron chi connectivity index (χ3n) is 6.60. The van der Waals surface area contributed by atoms with E-state index in [1.165, 1.54) is 27.8 Å². The van der Waals surface area contributed by atoms with Gasteiger partial charge in [-0.25, -0.2) is 9.07 Å². The van der Waals surface area contributed by atoms with E-state index in [0.717, 1.165) is 11.3 Å². The van der Waals surface area contributed by atoms with E-state index in [4.69, 9.17) is 0 Å². The Bertz CT molecular complexity index is 1620. The number of carbonyl (C=O) groups is 2. The van der Waals surface area contributed by atoms with Crippen molar-refractivity contribution >= 4 is 34.2 Å². The molecule has 0 spiro atoms. The summed E-state index contributed by atoms with van der Waals surface area (Å²) in [6.45, 7) is -0.0234. The molecule has 2 amide bonds. The molecule has 40 heavy (non-hydrogen) atoms. The molecule has 1 unspecified atom stereocenters. The number of benzene rings is 4. The molecule has 1 aromatic heterocycles. The predicted molar refractivity (Wildman–Crippen MR) is 153 cm³/mol. The maximum atomic E-state index is 14.4. The van der Waals surface area contributed by atoms with E-state index in [9.17, 15) is 14.0 Å². The van der Waals surface area contributed by atoms with Crippen molar-refractivity contribution < 1.29 is 14.0 Å². The minimum Gasteiger partial charge on any atom is -0.378 e. The average molecular weight is 537 g/mol. The third kappa shape index (κ3) is 5.99. The molecule has 0 saturated carbocycles. The van der Waals surface area contributed by atoms with Gasteiger partial charge in [0.1, 0.15) is 23.9 Å². The van der Waals surface area contributed by atoms with Crippen LogP contribution in [0.15, 0.2) is 103 Å². The fourth-order valence-corrected chi connectivity index (χ4v) is 4.56. The number of nitrogens with zero attached hydrogens (tertiary/aromatic N) is 5. The fraction of sp³-hybridized carbons (Fsp3) is 0.161.